The van der Waals surface area contributed by atoms with Crippen LogP contribution in [0.15, 0.2) is 23.1 Å². The molecule has 2 N–H and O–H groups in total. The first-order chi connectivity index (χ1) is 8.38. The van der Waals surface area contributed by atoms with E-state index >= 15 is 0 Å². The molecule has 1 aromatic carbocycles. The van der Waals surface area contributed by atoms with Gasteiger partial charge in [0, 0.05) is 4.90 Å². The van der Waals surface area contributed by atoms with E-state index < -0.39 is 10.7 Å². The Balaban J connectivity index is 2.24. The van der Waals surface area contributed by atoms with Crippen molar-refractivity contribution in [3.05, 3.63) is 18.2 Å². The van der Waals surface area contributed by atoms with Gasteiger partial charge in [-0.1, -0.05) is 0 Å². The van der Waals surface area contributed by atoms with Crippen LogP contribution in [-0.4, -0.2) is 28.3 Å². The van der Waals surface area contributed by atoms with Gasteiger partial charge in [-0.05, 0) is 32.0 Å². The van der Waals surface area contributed by atoms with Gasteiger partial charge >= 0.3 is 5.97 Å². The number of hydrogen-bond acceptors (Lipinski definition) is 4. The largest absolute Gasteiger partial charge is 0.482 e. The molecule has 5 nitrogen and oxygen atoms in total. The van der Waals surface area contributed by atoms with Crippen LogP contribution >= 0.6 is 11.8 Å². The molecule has 18 heavy (non-hydrogen) atoms. The van der Waals surface area contributed by atoms with Crippen molar-refractivity contribution < 1.29 is 19.4 Å². The molecule has 0 radical (unpaired) electrons. The molecule has 96 valence electrons. The van der Waals surface area contributed by atoms with Gasteiger partial charge in [-0.2, -0.15) is 0 Å². The fraction of sp³-hybridized carbons (Fsp3) is 0.333. The molecule has 1 amide bonds. The zero-order valence-corrected chi connectivity index (χ0v) is 10.8. The summed E-state index contributed by atoms with van der Waals surface area (Å²) in [7, 11) is 0. The predicted octanol–water partition coefficient (Wildman–Crippen LogP) is 1.97. The Morgan fingerprint density at radius 3 is 2.89 bits per heavy atom. The van der Waals surface area contributed by atoms with Crippen LogP contribution in [0, 0.1) is 0 Å². The fourth-order valence-electron chi connectivity index (χ4n) is 1.46. The minimum absolute atomic E-state index is 0.0140. The number of fused-ring (bicyclic) bond motifs is 1. The molecular weight excluding hydrogens is 254 g/mol. The maximum Gasteiger partial charge on any atom is 0.319 e. The first kappa shape index (κ1) is 12.8. The normalized spacial score (nSPS) is 14.4. The molecule has 0 atom stereocenters. The number of thioether (sulfide) groups is 1. The lowest BCUT2D eigenvalue weighted by molar-refractivity contribution is -0.138. The summed E-state index contributed by atoms with van der Waals surface area (Å²) < 4.78 is 4.31. The average molecular weight is 267 g/mol. The van der Waals surface area contributed by atoms with Crippen LogP contribution in [0.5, 0.6) is 5.75 Å². The first-order valence-corrected chi connectivity index (χ1v) is 6.19. The number of benzene rings is 1. The van der Waals surface area contributed by atoms with Crippen molar-refractivity contribution in [1.29, 1.82) is 0 Å². The zero-order valence-electron chi connectivity index (χ0n) is 10.0. The van der Waals surface area contributed by atoms with Gasteiger partial charge in [-0.25, -0.2) is 0 Å². The van der Waals surface area contributed by atoms with Crippen LogP contribution in [0.3, 0.4) is 0 Å². The highest BCUT2D eigenvalue weighted by Gasteiger charge is 2.29. The summed E-state index contributed by atoms with van der Waals surface area (Å²) in [5.41, 5.74) is 0.581. The number of carbonyl (C=O) groups is 2. The molecule has 1 aromatic rings. The minimum Gasteiger partial charge on any atom is -0.482 e. The summed E-state index contributed by atoms with van der Waals surface area (Å²) in [5, 5.41) is 11.8. The maximum absolute atomic E-state index is 11.2. The highest BCUT2D eigenvalue weighted by Crippen LogP contribution is 2.37. The lowest BCUT2D eigenvalue weighted by Gasteiger charge is -2.21. The molecule has 1 aliphatic rings. The molecule has 0 bridgehead atoms. The number of anilines is 1. The standard InChI is InChI=1S/C12H13NO4S/c1-12(2,11(15)16)18-7-3-4-9-8(5-7)13-10(14)6-17-9/h3-5H,6H2,1-2H3,(H,13,14)(H,15,16). The van der Waals surface area contributed by atoms with Crippen molar-refractivity contribution in [2.75, 3.05) is 11.9 Å². The molecule has 0 unspecified atom stereocenters. The smallest absolute Gasteiger partial charge is 0.319 e. The molecule has 0 aromatic heterocycles. The van der Waals surface area contributed by atoms with Gasteiger partial charge in [-0.3, -0.25) is 9.59 Å². The average Bonchev–Trinajstić information content (AvgIpc) is 2.27. The van der Waals surface area contributed by atoms with E-state index in [1.807, 2.05) is 0 Å². The number of nitrogens with one attached hydrogen (secondary N) is 1. The third kappa shape index (κ3) is 2.59. The van der Waals surface area contributed by atoms with E-state index in [0.717, 1.165) is 4.90 Å². The third-order valence-electron chi connectivity index (χ3n) is 2.47. The van der Waals surface area contributed by atoms with Gasteiger partial charge in [0.15, 0.2) is 6.61 Å². The summed E-state index contributed by atoms with van der Waals surface area (Å²) in [4.78, 5) is 23.0. The highest BCUT2D eigenvalue weighted by atomic mass is 32.2. The summed E-state index contributed by atoms with van der Waals surface area (Å²) in [6, 6.07) is 5.24. The topological polar surface area (TPSA) is 75.6 Å². The number of carboxylic acid groups (broad SMARTS) is 1. The van der Waals surface area contributed by atoms with E-state index in [1.54, 1.807) is 32.0 Å². The lowest BCUT2D eigenvalue weighted by atomic mass is 10.2. The van der Waals surface area contributed by atoms with Crippen LogP contribution in [0.4, 0.5) is 5.69 Å². The SMILES string of the molecule is CC(C)(Sc1ccc2c(c1)NC(=O)CO2)C(=O)O. The number of hydrogen-bond donors (Lipinski definition) is 2. The van der Waals surface area contributed by atoms with Crippen molar-refractivity contribution >= 4 is 29.3 Å². The number of rotatable bonds is 3. The van der Waals surface area contributed by atoms with Crippen molar-refractivity contribution in [1.82, 2.24) is 0 Å². The summed E-state index contributed by atoms with van der Waals surface area (Å²) >= 11 is 1.22. The van der Waals surface area contributed by atoms with Crippen LogP contribution in [0.1, 0.15) is 13.8 Å². The van der Waals surface area contributed by atoms with Crippen molar-refractivity contribution in [3.63, 3.8) is 0 Å². The number of aliphatic carboxylic acids is 1. The van der Waals surface area contributed by atoms with Gasteiger partial charge < -0.3 is 15.2 Å². The Kier molecular flexibility index (Phi) is 3.21. The van der Waals surface area contributed by atoms with E-state index in [0.29, 0.717) is 11.4 Å². The Bertz CT molecular complexity index is 513. The number of ether oxygens (including phenoxy) is 1. The number of carboxylic acids is 1. The van der Waals surface area contributed by atoms with Gasteiger partial charge in [-0.15, -0.1) is 11.8 Å². The van der Waals surface area contributed by atoms with E-state index in [9.17, 15) is 9.59 Å². The van der Waals surface area contributed by atoms with Crippen LogP contribution < -0.4 is 10.1 Å². The van der Waals surface area contributed by atoms with E-state index in [-0.39, 0.29) is 12.5 Å². The minimum atomic E-state index is -0.923. The number of amides is 1. The monoisotopic (exact) mass is 267 g/mol. The molecule has 0 saturated carbocycles. The summed E-state index contributed by atoms with van der Waals surface area (Å²) in [5.74, 6) is -0.486. The highest BCUT2D eigenvalue weighted by molar-refractivity contribution is 8.01. The molecule has 0 saturated heterocycles. The zero-order chi connectivity index (χ0) is 13.3. The number of carbonyl (C=O) groups excluding carboxylic acids is 1. The van der Waals surface area contributed by atoms with Crippen molar-refractivity contribution in [2.45, 2.75) is 23.5 Å². The molecule has 2 rings (SSSR count). The Hall–Kier alpha value is -1.69. The predicted molar refractivity (Wildman–Crippen MR) is 68.1 cm³/mol. The quantitative estimate of drug-likeness (QED) is 0.819. The molecule has 0 spiro atoms. The molecule has 1 aliphatic heterocycles. The third-order valence-corrected chi connectivity index (χ3v) is 3.65. The van der Waals surface area contributed by atoms with E-state index in [4.69, 9.17) is 9.84 Å². The first-order valence-electron chi connectivity index (χ1n) is 5.37. The van der Waals surface area contributed by atoms with Gasteiger partial charge in [0.25, 0.3) is 5.91 Å². The molecular formula is C12H13NO4S. The van der Waals surface area contributed by atoms with E-state index in [2.05, 4.69) is 5.32 Å². The van der Waals surface area contributed by atoms with Crippen molar-refractivity contribution in [2.24, 2.45) is 0 Å². The second-order valence-corrected chi connectivity index (χ2v) is 6.11. The van der Waals surface area contributed by atoms with E-state index in [1.165, 1.54) is 11.8 Å². The Morgan fingerprint density at radius 2 is 2.22 bits per heavy atom. The Morgan fingerprint density at radius 1 is 1.50 bits per heavy atom. The molecule has 0 fully saturated rings. The van der Waals surface area contributed by atoms with Gasteiger partial charge in [0.05, 0.1) is 5.69 Å². The van der Waals surface area contributed by atoms with Gasteiger partial charge in [0.1, 0.15) is 10.5 Å². The molecule has 0 aliphatic carbocycles. The van der Waals surface area contributed by atoms with Crippen LogP contribution in [0.25, 0.3) is 0 Å². The maximum atomic E-state index is 11.2. The molecule has 6 heteroatoms. The van der Waals surface area contributed by atoms with Crippen molar-refractivity contribution in [3.8, 4) is 5.75 Å². The second-order valence-electron chi connectivity index (χ2n) is 4.41. The summed E-state index contributed by atoms with van der Waals surface area (Å²) in [6.45, 7) is 3.28. The van der Waals surface area contributed by atoms with Gasteiger partial charge in [0.2, 0.25) is 0 Å². The fourth-order valence-corrected chi connectivity index (χ4v) is 2.45. The lowest BCUT2D eigenvalue weighted by Crippen LogP contribution is -2.27. The van der Waals surface area contributed by atoms with Crippen LogP contribution in [0.2, 0.25) is 0 Å². The van der Waals surface area contributed by atoms with Crippen LogP contribution in [-0.2, 0) is 9.59 Å². The Labute approximate surface area is 109 Å². The second kappa shape index (κ2) is 4.53. The summed E-state index contributed by atoms with van der Waals surface area (Å²) in [6.07, 6.45) is 0. The molecule has 1 heterocycles.